The monoisotopic (exact) mass is 358 g/mol. The molecule has 1 N–H and O–H groups in total. The van der Waals surface area contributed by atoms with Crippen LogP contribution in [-0.4, -0.2) is 44.2 Å². The first kappa shape index (κ1) is 18.9. The zero-order valence-corrected chi connectivity index (χ0v) is 15.2. The average Bonchev–Trinajstić information content (AvgIpc) is 2.55. The lowest BCUT2D eigenvalue weighted by molar-refractivity contribution is 0.111. The smallest absolute Gasteiger partial charge is 0.137 e. The third kappa shape index (κ3) is 5.82. The van der Waals surface area contributed by atoms with Crippen LogP contribution >= 0.6 is 24.0 Å². The first-order valence-electron chi connectivity index (χ1n) is 8.61. The molecule has 130 valence electrons. The Morgan fingerprint density at radius 1 is 1.17 bits per heavy atom. The number of likely N-dealkylation sites (tertiary alicyclic amines) is 1. The summed E-state index contributed by atoms with van der Waals surface area (Å²) in [6, 6.07) is 7.76. The van der Waals surface area contributed by atoms with Crippen molar-refractivity contribution in [2.45, 2.75) is 25.7 Å². The maximum absolute atomic E-state index is 6.16. The number of benzene rings is 1. The molecule has 0 spiro atoms. The fraction of sp³-hybridized carbons (Fsp3) is 0.667. The van der Waals surface area contributed by atoms with E-state index in [1.54, 1.807) is 0 Å². The minimum absolute atomic E-state index is 0. The van der Waals surface area contributed by atoms with Gasteiger partial charge in [0.05, 0.1) is 11.6 Å². The molecule has 0 saturated carbocycles. The van der Waals surface area contributed by atoms with Crippen LogP contribution in [0, 0.1) is 11.8 Å². The fourth-order valence-electron chi connectivity index (χ4n) is 3.67. The number of piperidine rings is 2. The standard InChI is InChI=1S/C18H27ClN2O.ClH/c19-17-7-1-2-8-18(17)22-14-16-6-4-10-21(13-16)12-15-5-3-9-20-11-15;/h1-2,7-8,15-16,20H,3-6,9-14H2;1H. The molecule has 0 radical (unpaired) electrons. The summed E-state index contributed by atoms with van der Waals surface area (Å²) >= 11 is 6.16. The summed E-state index contributed by atoms with van der Waals surface area (Å²) in [7, 11) is 0. The fourth-order valence-corrected chi connectivity index (χ4v) is 3.86. The van der Waals surface area contributed by atoms with Crippen molar-refractivity contribution in [1.82, 2.24) is 10.2 Å². The number of ether oxygens (including phenoxy) is 1. The molecular formula is C18H28Cl2N2O. The Kier molecular flexibility index (Phi) is 7.97. The Labute approximate surface area is 151 Å². The predicted octanol–water partition coefficient (Wildman–Crippen LogP) is 3.85. The highest BCUT2D eigenvalue weighted by atomic mass is 35.5. The molecule has 1 aromatic carbocycles. The average molecular weight is 359 g/mol. The molecule has 2 saturated heterocycles. The number of rotatable bonds is 5. The lowest BCUT2D eigenvalue weighted by Gasteiger charge is -2.36. The normalized spacial score (nSPS) is 25.6. The lowest BCUT2D eigenvalue weighted by atomic mass is 9.95. The van der Waals surface area contributed by atoms with E-state index in [-0.39, 0.29) is 12.4 Å². The van der Waals surface area contributed by atoms with Crippen molar-refractivity contribution in [1.29, 1.82) is 0 Å². The van der Waals surface area contributed by atoms with E-state index in [1.165, 1.54) is 58.4 Å². The van der Waals surface area contributed by atoms with E-state index >= 15 is 0 Å². The molecule has 2 unspecified atom stereocenters. The molecule has 23 heavy (non-hydrogen) atoms. The quantitative estimate of drug-likeness (QED) is 0.864. The second-order valence-corrected chi connectivity index (χ2v) is 7.13. The van der Waals surface area contributed by atoms with Crippen LogP contribution in [0.25, 0.3) is 0 Å². The van der Waals surface area contributed by atoms with Crippen molar-refractivity contribution < 1.29 is 4.74 Å². The molecule has 0 aliphatic carbocycles. The van der Waals surface area contributed by atoms with E-state index in [1.807, 2.05) is 24.3 Å². The number of hydrogen-bond donors (Lipinski definition) is 1. The third-order valence-electron chi connectivity index (χ3n) is 4.83. The molecule has 0 bridgehead atoms. The lowest BCUT2D eigenvalue weighted by Crippen LogP contribution is -2.43. The highest BCUT2D eigenvalue weighted by molar-refractivity contribution is 6.32. The maximum atomic E-state index is 6.16. The third-order valence-corrected chi connectivity index (χ3v) is 5.14. The number of nitrogens with one attached hydrogen (secondary N) is 1. The second-order valence-electron chi connectivity index (χ2n) is 6.72. The Balaban J connectivity index is 0.00000192. The highest BCUT2D eigenvalue weighted by Gasteiger charge is 2.23. The topological polar surface area (TPSA) is 24.5 Å². The van der Waals surface area contributed by atoms with Gasteiger partial charge in [-0.1, -0.05) is 23.7 Å². The summed E-state index contributed by atoms with van der Waals surface area (Å²) in [4.78, 5) is 2.64. The Hall–Kier alpha value is -0.480. The molecular weight excluding hydrogens is 331 g/mol. The second kappa shape index (κ2) is 9.73. The van der Waals surface area contributed by atoms with Gasteiger partial charge in [0.15, 0.2) is 0 Å². The zero-order chi connectivity index (χ0) is 15.2. The summed E-state index contributed by atoms with van der Waals surface area (Å²) in [6.45, 7) is 6.83. The van der Waals surface area contributed by atoms with Gasteiger partial charge in [0.25, 0.3) is 0 Å². The van der Waals surface area contributed by atoms with Gasteiger partial charge in [-0.25, -0.2) is 0 Å². The van der Waals surface area contributed by atoms with E-state index < -0.39 is 0 Å². The van der Waals surface area contributed by atoms with Crippen molar-refractivity contribution in [3.05, 3.63) is 29.3 Å². The van der Waals surface area contributed by atoms with E-state index in [2.05, 4.69) is 10.2 Å². The van der Waals surface area contributed by atoms with Gasteiger partial charge in [0, 0.05) is 19.0 Å². The number of halogens is 2. The van der Waals surface area contributed by atoms with Crippen molar-refractivity contribution in [2.75, 3.05) is 39.3 Å². The van der Waals surface area contributed by atoms with Crippen molar-refractivity contribution in [3.8, 4) is 5.75 Å². The Bertz CT molecular complexity index is 466. The van der Waals surface area contributed by atoms with Gasteiger partial charge in [-0.05, 0) is 63.4 Å². The molecule has 0 aromatic heterocycles. The van der Waals surface area contributed by atoms with Crippen molar-refractivity contribution in [2.24, 2.45) is 11.8 Å². The molecule has 2 fully saturated rings. The molecule has 2 heterocycles. The number of hydrogen-bond acceptors (Lipinski definition) is 3. The molecule has 3 rings (SSSR count). The van der Waals surface area contributed by atoms with Gasteiger partial charge in [-0.2, -0.15) is 0 Å². The van der Waals surface area contributed by atoms with Crippen LogP contribution in [0.2, 0.25) is 5.02 Å². The SMILES string of the molecule is Cl.Clc1ccccc1OCC1CCCN(CC2CCCNC2)C1. The summed E-state index contributed by atoms with van der Waals surface area (Å²) in [5.41, 5.74) is 0. The summed E-state index contributed by atoms with van der Waals surface area (Å²) in [5, 5.41) is 4.23. The van der Waals surface area contributed by atoms with Gasteiger partial charge in [0.1, 0.15) is 5.75 Å². The number of nitrogens with zero attached hydrogens (tertiary/aromatic N) is 1. The van der Waals surface area contributed by atoms with Crippen LogP contribution in [0.4, 0.5) is 0 Å². The van der Waals surface area contributed by atoms with E-state index in [0.717, 1.165) is 18.3 Å². The van der Waals surface area contributed by atoms with E-state index in [0.29, 0.717) is 10.9 Å². The Morgan fingerprint density at radius 3 is 2.78 bits per heavy atom. The molecule has 1 aromatic rings. The predicted molar refractivity (Wildman–Crippen MR) is 99.0 cm³/mol. The summed E-state index contributed by atoms with van der Waals surface area (Å²) < 4.78 is 5.94. The summed E-state index contributed by atoms with van der Waals surface area (Å²) in [5.74, 6) is 2.27. The first-order valence-corrected chi connectivity index (χ1v) is 8.99. The van der Waals surface area contributed by atoms with E-state index in [9.17, 15) is 0 Å². The van der Waals surface area contributed by atoms with Crippen molar-refractivity contribution >= 4 is 24.0 Å². The minimum Gasteiger partial charge on any atom is -0.492 e. The molecule has 2 aliphatic heterocycles. The van der Waals surface area contributed by atoms with E-state index in [4.69, 9.17) is 16.3 Å². The van der Waals surface area contributed by atoms with Crippen LogP contribution in [-0.2, 0) is 0 Å². The van der Waals surface area contributed by atoms with Crippen LogP contribution in [0.3, 0.4) is 0 Å². The van der Waals surface area contributed by atoms with Crippen LogP contribution in [0.15, 0.2) is 24.3 Å². The molecule has 2 atom stereocenters. The molecule has 5 heteroatoms. The van der Waals surface area contributed by atoms with Crippen LogP contribution in [0.5, 0.6) is 5.75 Å². The van der Waals surface area contributed by atoms with Crippen molar-refractivity contribution in [3.63, 3.8) is 0 Å². The van der Waals surface area contributed by atoms with Gasteiger partial charge >= 0.3 is 0 Å². The molecule has 3 nitrogen and oxygen atoms in total. The van der Waals surface area contributed by atoms with Gasteiger partial charge in [0.2, 0.25) is 0 Å². The minimum atomic E-state index is 0. The Morgan fingerprint density at radius 2 is 2.00 bits per heavy atom. The van der Waals surface area contributed by atoms with Gasteiger partial charge < -0.3 is 15.0 Å². The number of para-hydroxylation sites is 1. The van der Waals surface area contributed by atoms with Gasteiger partial charge in [-0.15, -0.1) is 12.4 Å². The highest BCUT2D eigenvalue weighted by Crippen LogP contribution is 2.25. The van der Waals surface area contributed by atoms with Crippen LogP contribution < -0.4 is 10.1 Å². The zero-order valence-electron chi connectivity index (χ0n) is 13.7. The largest absolute Gasteiger partial charge is 0.492 e. The van der Waals surface area contributed by atoms with Crippen LogP contribution in [0.1, 0.15) is 25.7 Å². The maximum Gasteiger partial charge on any atom is 0.137 e. The molecule has 2 aliphatic rings. The molecule has 0 amide bonds. The first-order chi connectivity index (χ1) is 10.8. The van der Waals surface area contributed by atoms with Gasteiger partial charge in [-0.3, -0.25) is 0 Å². The summed E-state index contributed by atoms with van der Waals surface area (Å²) in [6.07, 6.45) is 5.27.